The smallest absolute Gasteiger partial charge is 0.337 e. The second-order valence-electron chi connectivity index (χ2n) is 6.69. The Bertz CT molecular complexity index is 1090. The summed E-state index contributed by atoms with van der Waals surface area (Å²) in [4.78, 5) is 39.0. The number of benzene rings is 2. The molecule has 0 aliphatic carbocycles. The van der Waals surface area contributed by atoms with Crippen molar-refractivity contribution in [3.8, 4) is 6.07 Å². The topological polar surface area (TPSA) is 115 Å². The molecule has 0 bridgehead atoms. The fraction of sp³-hybridized carbons (Fsp3) is 0.217. The molecule has 1 heterocycles. The van der Waals surface area contributed by atoms with Gasteiger partial charge in [0.1, 0.15) is 0 Å². The minimum Gasteiger partial charge on any atom is -0.467 e. The molecule has 0 saturated carbocycles. The molecule has 8 nitrogen and oxygen atoms in total. The standard InChI is InChI=1S/C23H20N2O6/c1-29-20(26)17-18(21(27)30-2)23(22(28)31-3,16-7-5-4-6-8-16)25-19(17)15-11-9-14(13-24)10-12-15/h4-12,19,25H,1-3H3/t19-,23-/m0/s1. The molecule has 0 spiro atoms. The van der Waals surface area contributed by atoms with Gasteiger partial charge in [0.25, 0.3) is 0 Å². The van der Waals surface area contributed by atoms with Crippen molar-refractivity contribution >= 4 is 17.9 Å². The second-order valence-corrected chi connectivity index (χ2v) is 6.69. The zero-order valence-corrected chi connectivity index (χ0v) is 17.2. The lowest BCUT2D eigenvalue weighted by Gasteiger charge is -2.30. The van der Waals surface area contributed by atoms with Gasteiger partial charge in [0.2, 0.25) is 0 Å². The van der Waals surface area contributed by atoms with Gasteiger partial charge in [-0.1, -0.05) is 42.5 Å². The van der Waals surface area contributed by atoms with Crippen LogP contribution >= 0.6 is 0 Å². The van der Waals surface area contributed by atoms with Gasteiger partial charge in [-0.15, -0.1) is 0 Å². The zero-order valence-electron chi connectivity index (χ0n) is 17.2. The van der Waals surface area contributed by atoms with Gasteiger partial charge in [-0.25, -0.2) is 14.4 Å². The van der Waals surface area contributed by atoms with E-state index in [4.69, 9.17) is 19.5 Å². The molecule has 1 N–H and O–H groups in total. The van der Waals surface area contributed by atoms with E-state index in [1.165, 1.54) is 14.2 Å². The summed E-state index contributed by atoms with van der Waals surface area (Å²) in [6.45, 7) is 0. The third-order valence-electron chi connectivity index (χ3n) is 5.16. The number of hydrogen-bond donors (Lipinski definition) is 1. The van der Waals surface area contributed by atoms with E-state index in [0.717, 1.165) is 7.11 Å². The van der Waals surface area contributed by atoms with Crippen molar-refractivity contribution in [1.29, 1.82) is 5.26 Å². The molecular formula is C23H20N2O6. The first-order chi connectivity index (χ1) is 14.9. The predicted molar refractivity (Wildman–Crippen MR) is 108 cm³/mol. The third-order valence-corrected chi connectivity index (χ3v) is 5.16. The molecule has 0 amide bonds. The summed E-state index contributed by atoms with van der Waals surface area (Å²) >= 11 is 0. The summed E-state index contributed by atoms with van der Waals surface area (Å²) in [5.74, 6) is -2.47. The average Bonchev–Trinajstić information content (AvgIpc) is 3.20. The van der Waals surface area contributed by atoms with Gasteiger partial charge < -0.3 is 14.2 Å². The molecule has 1 aliphatic rings. The maximum absolute atomic E-state index is 13.2. The molecule has 0 aromatic heterocycles. The number of methoxy groups -OCH3 is 3. The Hall–Kier alpha value is -3.96. The first-order valence-electron chi connectivity index (χ1n) is 9.27. The number of nitrogens with zero attached hydrogens (tertiary/aromatic N) is 1. The molecule has 2 atom stereocenters. The maximum atomic E-state index is 13.2. The van der Waals surface area contributed by atoms with Gasteiger partial charge in [0, 0.05) is 0 Å². The van der Waals surface area contributed by atoms with Crippen molar-refractivity contribution in [1.82, 2.24) is 5.32 Å². The van der Waals surface area contributed by atoms with Crippen LogP contribution in [-0.4, -0.2) is 39.2 Å². The van der Waals surface area contributed by atoms with Gasteiger partial charge in [-0.05, 0) is 23.3 Å². The molecule has 0 fully saturated rings. The van der Waals surface area contributed by atoms with Crippen molar-refractivity contribution in [2.45, 2.75) is 11.6 Å². The largest absolute Gasteiger partial charge is 0.467 e. The SMILES string of the molecule is COC(=O)C1=C(C(=O)OC)[C@](C(=O)OC)(c2ccccc2)N[C@H]1c1ccc(C#N)cc1. The summed E-state index contributed by atoms with van der Waals surface area (Å²) < 4.78 is 15.0. The predicted octanol–water partition coefficient (Wildman–Crippen LogP) is 1.91. The Morgan fingerprint density at radius 1 is 0.903 bits per heavy atom. The Balaban J connectivity index is 2.36. The van der Waals surface area contributed by atoms with Crippen LogP contribution in [0.4, 0.5) is 0 Å². The molecule has 158 valence electrons. The number of nitriles is 1. The summed E-state index contributed by atoms with van der Waals surface area (Å²) in [6, 6.07) is 16.0. The molecule has 0 radical (unpaired) electrons. The summed E-state index contributed by atoms with van der Waals surface area (Å²) in [6.07, 6.45) is 0. The van der Waals surface area contributed by atoms with Crippen LogP contribution in [-0.2, 0) is 34.1 Å². The lowest BCUT2D eigenvalue weighted by Crippen LogP contribution is -2.50. The first kappa shape index (κ1) is 21.7. The van der Waals surface area contributed by atoms with E-state index >= 15 is 0 Å². The Morgan fingerprint density at radius 2 is 1.52 bits per heavy atom. The highest BCUT2D eigenvalue weighted by molar-refractivity contribution is 6.10. The number of esters is 3. The number of hydrogen-bond acceptors (Lipinski definition) is 8. The zero-order chi connectivity index (χ0) is 22.6. The van der Waals surface area contributed by atoms with Gasteiger partial charge in [0.05, 0.1) is 50.2 Å². The highest BCUT2D eigenvalue weighted by atomic mass is 16.5. The summed E-state index contributed by atoms with van der Waals surface area (Å²) in [5.41, 5.74) is -0.753. The minimum atomic E-state index is -1.81. The number of rotatable bonds is 5. The molecule has 1 aliphatic heterocycles. The highest BCUT2D eigenvalue weighted by Crippen LogP contribution is 2.46. The van der Waals surface area contributed by atoms with Crippen LogP contribution in [0.3, 0.4) is 0 Å². The lowest BCUT2D eigenvalue weighted by atomic mass is 9.82. The van der Waals surface area contributed by atoms with Crippen LogP contribution in [0.25, 0.3) is 0 Å². The van der Waals surface area contributed by atoms with Crippen molar-refractivity contribution < 1.29 is 28.6 Å². The Kier molecular flexibility index (Phi) is 6.18. The fourth-order valence-corrected chi connectivity index (χ4v) is 3.75. The minimum absolute atomic E-state index is 0.0756. The van der Waals surface area contributed by atoms with E-state index in [2.05, 4.69) is 5.32 Å². The van der Waals surface area contributed by atoms with Crippen molar-refractivity contribution in [3.63, 3.8) is 0 Å². The van der Waals surface area contributed by atoms with Gasteiger partial charge in [-0.2, -0.15) is 5.26 Å². The quantitative estimate of drug-likeness (QED) is 0.576. The highest BCUT2D eigenvalue weighted by Gasteiger charge is 2.58. The van der Waals surface area contributed by atoms with Crippen LogP contribution < -0.4 is 5.32 Å². The second kappa shape index (κ2) is 8.81. The fourth-order valence-electron chi connectivity index (χ4n) is 3.75. The van der Waals surface area contributed by atoms with Crippen LogP contribution in [0.1, 0.15) is 22.7 Å². The van der Waals surface area contributed by atoms with Crippen LogP contribution in [0, 0.1) is 11.3 Å². The molecule has 2 aromatic rings. The van der Waals surface area contributed by atoms with Gasteiger partial charge in [0.15, 0.2) is 5.54 Å². The lowest BCUT2D eigenvalue weighted by molar-refractivity contribution is -0.150. The van der Waals surface area contributed by atoms with E-state index in [-0.39, 0.29) is 11.1 Å². The third kappa shape index (κ3) is 3.56. The molecule has 3 rings (SSSR count). The van der Waals surface area contributed by atoms with E-state index in [1.54, 1.807) is 54.6 Å². The average molecular weight is 420 g/mol. The summed E-state index contributed by atoms with van der Waals surface area (Å²) in [7, 11) is 3.53. The number of nitrogens with one attached hydrogen (secondary N) is 1. The van der Waals surface area contributed by atoms with E-state index in [1.807, 2.05) is 6.07 Å². The molecule has 8 heteroatoms. The Morgan fingerprint density at radius 3 is 2.03 bits per heavy atom. The van der Waals surface area contributed by atoms with E-state index < -0.39 is 29.5 Å². The number of carbonyl (C=O) groups is 3. The molecule has 0 unspecified atom stereocenters. The van der Waals surface area contributed by atoms with Crippen LogP contribution in [0.2, 0.25) is 0 Å². The normalized spacial score (nSPS) is 20.0. The molecular weight excluding hydrogens is 400 g/mol. The van der Waals surface area contributed by atoms with Crippen molar-refractivity contribution in [3.05, 3.63) is 82.4 Å². The molecule has 2 aromatic carbocycles. The van der Waals surface area contributed by atoms with Crippen molar-refractivity contribution in [2.24, 2.45) is 0 Å². The molecule has 31 heavy (non-hydrogen) atoms. The number of ether oxygens (including phenoxy) is 3. The monoisotopic (exact) mass is 420 g/mol. The van der Waals surface area contributed by atoms with E-state index in [0.29, 0.717) is 16.7 Å². The van der Waals surface area contributed by atoms with Crippen molar-refractivity contribution in [2.75, 3.05) is 21.3 Å². The Labute approximate surface area is 179 Å². The van der Waals surface area contributed by atoms with Crippen LogP contribution in [0.15, 0.2) is 65.7 Å². The maximum Gasteiger partial charge on any atom is 0.337 e. The van der Waals surface area contributed by atoms with Gasteiger partial charge in [-0.3, -0.25) is 5.32 Å². The van der Waals surface area contributed by atoms with E-state index in [9.17, 15) is 14.4 Å². The summed E-state index contributed by atoms with van der Waals surface area (Å²) in [5, 5.41) is 12.2. The number of carbonyl (C=O) groups excluding carboxylic acids is 3. The van der Waals surface area contributed by atoms with Crippen LogP contribution in [0.5, 0.6) is 0 Å². The molecule has 0 saturated heterocycles. The first-order valence-corrected chi connectivity index (χ1v) is 9.27. The van der Waals surface area contributed by atoms with Gasteiger partial charge >= 0.3 is 17.9 Å².